The number of nitrogens with zero attached hydrogens (tertiary/aromatic N) is 6. The molecule has 0 fully saturated rings. The van der Waals surface area contributed by atoms with E-state index in [0.717, 1.165) is 23.9 Å². The predicted octanol–water partition coefficient (Wildman–Crippen LogP) is 5.71. The molecule has 5 rings (SSSR count). The van der Waals surface area contributed by atoms with Crippen molar-refractivity contribution in [1.82, 2.24) is 29.3 Å². The Hall–Kier alpha value is -3.66. The normalized spacial score (nSPS) is 15.5. The Morgan fingerprint density at radius 1 is 1.08 bits per heavy atom. The molecule has 0 N–H and O–H groups in total. The summed E-state index contributed by atoms with van der Waals surface area (Å²) in [4.78, 5) is 13.3. The summed E-state index contributed by atoms with van der Waals surface area (Å²) >= 11 is 0. The molecule has 1 aliphatic heterocycles. The van der Waals surface area contributed by atoms with Crippen LogP contribution in [-0.2, 0) is 12.7 Å². The van der Waals surface area contributed by atoms with Gasteiger partial charge in [-0.15, -0.1) is 12.4 Å². The second kappa shape index (κ2) is 10.1. The van der Waals surface area contributed by atoms with Gasteiger partial charge in [0, 0.05) is 18.7 Å². The fourth-order valence-electron chi connectivity index (χ4n) is 4.39. The number of ether oxygens (including phenoxy) is 1. The molecule has 1 atom stereocenters. The average Bonchev–Trinajstić information content (AvgIpc) is 3.47. The average molecular weight is 517 g/mol. The molecule has 0 amide bonds. The molecule has 0 unspecified atom stereocenters. The molecule has 1 aromatic carbocycles. The summed E-state index contributed by atoms with van der Waals surface area (Å²) in [5.74, 6) is 0.938. The SMILES string of the molecule is COc1nc(C=Cc2nc3n(n2)CCC[C@H]3c2ccccc2C(F)(F)F)ccc1-n1cnc(C)c1.Cl. The van der Waals surface area contributed by atoms with Crippen molar-refractivity contribution < 1.29 is 17.9 Å². The zero-order valence-corrected chi connectivity index (χ0v) is 20.4. The molecule has 188 valence electrons. The van der Waals surface area contributed by atoms with Crippen LogP contribution in [0.4, 0.5) is 13.2 Å². The third-order valence-electron chi connectivity index (χ3n) is 5.98. The van der Waals surface area contributed by atoms with Gasteiger partial charge in [0.2, 0.25) is 5.88 Å². The van der Waals surface area contributed by atoms with Gasteiger partial charge in [-0.05, 0) is 55.7 Å². The molecular formula is C25H24ClF3N6O. The zero-order valence-electron chi connectivity index (χ0n) is 19.6. The van der Waals surface area contributed by atoms with Crippen LogP contribution < -0.4 is 4.74 Å². The third-order valence-corrected chi connectivity index (χ3v) is 5.98. The molecule has 4 heterocycles. The summed E-state index contributed by atoms with van der Waals surface area (Å²) in [7, 11) is 1.55. The summed E-state index contributed by atoms with van der Waals surface area (Å²) in [5, 5.41) is 4.51. The highest BCUT2D eigenvalue weighted by Crippen LogP contribution is 2.40. The van der Waals surface area contributed by atoms with Crippen molar-refractivity contribution in [2.24, 2.45) is 0 Å². The highest BCUT2D eigenvalue weighted by atomic mass is 35.5. The van der Waals surface area contributed by atoms with E-state index in [0.29, 0.717) is 36.2 Å². The lowest BCUT2D eigenvalue weighted by Crippen LogP contribution is -2.21. The summed E-state index contributed by atoms with van der Waals surface area (Å²) in [6.07, 6.45) is 3.92. The number of hydrogen-bond donors (Lipinski definition) is 0. The second-order valence-electron chi connectivity index (χ2n) is 8.35. The van der Waals surface area contributed by atoms with Crippen molar-refractivity contribution in [1.29, 1.82) is 0 Å². The lowest BCUT2D eigenvalue weighted by Gasteiger charge is -2.25. The first kappa shape index (κ1) is 25.4. The minimum absolute atomic E-state index is 0. The van der Waals surface area contributed by atoms with E-state index in [1.807, 2.05) is 29.8 Å². The number of aromatic nitrogens is 6. The summed E-state index contributed by atoms with van der Waals surface area (Å²) in [5.41, 5.74) is 1.88. The smallest absolute Gasteiger partial charge is 0.416 e. The fourth-order valence-corrected chi connectivity index (χ4v) is 4.39. The van der Waals surface area contributed by atoms with Crippen LogP contribution in [0.2, 0.25) is 0 Å². The van der Waals surface area contributed by atoms with Crippen LogP contribution in [0, 0.1) is 6.92 Å². The number of rotatable bonds is 5. The molecule has 3 aromatic heterocycles. The van der Waals surface area contributed by atoms with Gasteiger partial charge in [-0.25, -0.2) is 19.6 Å². The number of benzene rings is 1. The summed E-state index contributed by atoms with van der Waals surface area (Å²) in [6, 6.07) is 9.42. The van der Waals surface area contributed by atoms with E-state index in [1.54, 1.807) is 36.3 Å². The van der Waals surface area contributed by atoms with E-state index in [9.17, 15) is 13.2 Å². The molecule has 7 nitrogen and oxygen atoms in total. The van der Waals surface area contributed by atoms with Crippen LogP contribution in [0.3, 0.4) is 0 Å². The minimum atomic E-state index is -4.42. The number of pyridine rings is 1. The molecule has 0 bridgehead atoms. The first-order valence-electron chi connectivity index (χ1n) is 11.2. The van der Waals surface area contributed by atoms with Gasteiger partial charge in [0.25, 0.3) is 0 Å². The van der Waals surface area contributed by atoms with Crippen LogP contribution in [-0.4, -0.2) is 36.4 Å². The van der Waals surface area contributed by atoms with Gasteiger partial charge in [-0.2, -0.15) is 18.3 Å². The van der Waals surface area contributed by atoms with Crippen molar-refractivity contribution in [2.75, 3.05) is 7.11 Å². The molecule has 0 saturated heterocycles. The van der Waals surface area contributed by atoms with E-state index < -0.39 is 17.7 Å². The Balaban J connectivity index is 0.00000304. The Kier molecular flexibility index (Phi) is 7.16. The molecule has 4 aromatic rings. The molecule has 1 aliphatic rings. The van der Waals surface area contributed by atoms with Crippen molar-refractivity contribution in [2.45, 2.75) is 38.4 Å². The monoisotopic (exact) mass is 516 g/mol. The molecule has 36 heavy (non-hydrogen) atoms. The van der Waals surface area contributed by atoms with Crippen LogP contribution in [0.5, 0.6) is 5.88 Å². The maximum atomic E-state index is 13.6. The third kappa shape index (κ3) is 4.99. The van der Waals surface area contributed by atoms with Crippen molar-refractivity contribution in [3.8, 4) is 11.6 Å². The maximum absolute atomic E-state index is 13.6. The highest BCUT2D eigenvalue weighted by molar-refractivity contribution is 5.85. The van der Waals surface area contributed by atoms with Crippen LogP contribution in [0.15, 0.2) is 48.9 Å². The van der Waals surface area contributed by atoms with Gasteiger partial charge < -0.3 is 9.30 Å². The Morgan fingerprint density at radius 3 is 2.61 bits per heavy atom. The Labute approximate surface area is 212 Å². The van der Waals surface area contributed by atoms with Gasteiger partial charge in [0.05, 0.1) is 30.4 Å². The van der Waals surface area contributed by atoms with Gasteiger partial charge in [-0.3, -0.25) is 0 Å². The second-order valence-corrected chi connectivity index (χ2v) is 8.35. The summed E-state index contributed by atoms with van der Waals surface area (Å²) < 4.78 is 49.8. The first-order valence-corrected chi connectivity index (χ1v) is 11.2. The zero-order chi connectivity index (χ0) is 24.6. The van der Waals surface area contributed by atoms with Gasteiger partial charge in [-0.1, -0.05) is 18.2 Å². The molecule has 0 aliphatic carbocycles. The van der Waals surface area contributed by atoms with Crippen LogP contribution >= 0.6 is 12.4 Å². The lowest BCUT2D eigenvalue weighted by atomic mass is 9.88. The largest absolute Gasteiger partial charge is 0.479 e. The molecule has 0 radical (unpaired) electrons. The number of aryl methyl sites for hydroxylation is 2. The summed E-state index contributed by atoms with van der Waals surface area (Å²) in [6.45, 7) is 2.52. The number of methoxy groups -OCH3 is 1. The molecule has 0 spiro atoms. The van der Waals surface area contributed by atoms with E-state index in [2.05, 4.69) is 20.1 Å². The van der Waals surface area contributed by atoms with E-state index in [-0.39, 0.29) is 18.0 Å². The minimum Gasteiger partial charge on any atom is -0.479 e. The Bertz CT molecular complexity index is 1390. The predicted molar refractivity (Wildman–Crippen MR) is 131 cm³/mol. The van der Waals surface area contributed by atoms with Crippen molar-refractivity contribution in [3.05, 3.63) is 83.1 Å². The number of halogens is 4. The van der Waals surface area contributed by atoms with Gasteiger partial charge >= 0.3 is 6.18 Å². The van der Waals surface area contributed by atoms with Crippen LogP contribution in [0.25, 0.3) is 17.8 Å². The molecular weight excluding hydrogens is 493 g/mol. The molecule has 11 heteroatoms. The maximum Gasteiger partial charge on any atom is 0.416 e. The fraction of sp³-hybridized carbons (Fsp3) is 0.280. The molecule has 0 saturated carbocycles. The van der Waals surface area contributed by atoms with Gasteiger partial charge in [0.15, 0.2) is 5.82 Å². The number of hydrogen-bond acceptors (Lipinski definition) is 5. The standard InChI is InChI=1S/C25H23F3N6O.ClH/c1-16-14-33(15-29-16)21-11-9-17(30-24(21)35-2)10-12-22-31-23-19(7-5-13-34(23)32-22)18-6-3-4-8-20(18)25(26,27)28;/h3-4,6,8-12,14-15,19H,5,7,13H2,1-2H3;1H/t19-;/m0./s1. The topological polar surface area (TPSA) is 70.7 Å². The van der Waals surface area contributed by atoms with Crippen LogP contribution in [0.1, 0.15) is 52.9 Å². The van der Waals surface area contributed by atoms with Crippen molar-refractivity contribution in [3.63, 3.8) is 0 Å². The van der Waals surface area contributed by atoms with E-state index >= 15 is 0 Å². The Morgan fingerprint density at radius 2 is 1.89 bits per heavy atom. The number of alkyl halides is 3. The lowest BCUT2D eigenvalue weighted by molar-refractivity contribution is -0.138. The van der Waals surface area contributed by atoms with Gasteiger partial charge in [0.1, 0.15) is 11.5 Å². The quantitative estimate of drug-likeness (QED) is 0.340. The number of fused-ring (bicyclic) bond motifs is 1. The first-order chi connectivity index (χ1) is 16.8. The van der Waals surface area contributed by atoms with Crippen molar-refractivity contribution >= 4 is 24.6 Å². The van der Waals surface area contributed by atoms with E-state index in [4.69, 9.17) is 4.74 Å². The van der Waals surface area contributed by atoms with E-state index in [1.165, 1.54) is 12.1 Å². The highest BCUT2D eigenvalue weighted by Gasteiger charge is 2.37. The number of imidazole rings is 1.